The number of hydrazone groups is 1. The molecule has 0 bridgehead atoms. The minimum absolute atomic E-state index is 0.0386. The lowest BCUT2D eigenvalue weighted by Gasteiger charge is -2.11. The number of benzene rings is 1. The molecule has 0 radical (unpaired) electrons. The number of nitrogens with zero attached hydrogens (tertiary/aromatic N) is 2. The Bertz CT molecular complexity index is 738. The molecule has 6 heteroatoms. The van der Waals surface area contributed by atoms with E-state index in [4.69, 9.17) is 0 Å². The lowest BCUT2D eigenvalue weighted by atomic mass is 10.0. The fourth-order valence-corrected chi connectivity index (χ4v) is 4.99. The highest BCUT2D eigenvalue weighted by Gasteiger charge is 2.18. The number of rotatable bonds is 20. The second-order valence-corrected chi connectivity index (χ2v) is 10.3. The van der Waals surface area contributed by atoms with E-state index >= 15 is 0 Å². The first-order valence-electron chi connectivity index (χ1n) is 13.6. The van der Waals surface area contributed by atoms with Crippen molar-refractivity contribution in [2.45, 2.75) is 121 Å². The summed E-state index contributed by atoms with van der Waals surface area (Å²) in [6, 6.07) is 7.35. The molecule has 0 aliphatic carbocycles. The van der Waals surface area contributed by atoms with E-state index in [0.29, 0.717) is 18.5 Å². The molecule has 1 aliphatic heterocycles. The molecule has 0 unspecified atom stereocenters. The summed E-state index contributed by atoms with van der Waals surface area (Å²) in [6.07, 6.45) is 23.5. The average Bonchev–Trinajstić information content (AvgIpc) is 3.25. The first-order chi connectivity index (χ1) is 16.7. The Hall–Kier alpha value is -1.82. The van der Waals surface area contributed by atoms with Crippen LogP contribution >= 0.6 is 11.9 Å². The Morgan fingerprint density at radius 2 is 1.44 bits per heavy atom. The molecule has 1 heterocycles. The van der Waals surface area contributed by atoms with E-state index in [0.717, 1.165) is 11.3 Å². The van der Waals surface area contributed by atoms with E-state index in [2.05, 4.69) is 17.3 Å². The third-order valence-electron chi connectivity index (χ3n) is 6.27. The van der Waals surface area contributed by atoms with Crippen LogP contribution in [0.4, 0.5) is 0 Å². The van der Waals surface area contributed by atoms with Crippen LogP contribution in [0, 0.1) is 0 Å². The van der Waals surface area contributed by atoms with Crippen LogP contribution in [-0.2, 0) is 4.79 Å². The normalized spacial score (nSPS) is 13.1. The van der Waals surface area contributed by atoms with Crippen molar-refractivity contribution in [3.05, 3.63) is 29.8 Å². The molecule has 0 saturated heterocycles. The first-order valence-corrected chi connectivity index (χ1v) is 14.4. The predicted octanol–water partition coefficient (Wildman–Crippen LogP) is 7.90. The van der Waals surface area contributed by atoms with E-state index in [9.17, 15) is 9.59 Å². The maximum Gasteiger partial charge on any atom is 0.258 e. The zero-order valence-corrected chi connectivity index (χ0v) is 22.1. The summed E-state index contributed by atoms with van der Waals surface area (Å²) in [5.74, 6) is -0.0944. The number of amides is 2. The van der Waals surface area contributed by atoms with Gasteiger partial charge in [0.25, 0.3) is 11.8 Å². The number of hydrogen-bond acceptors (Lipinski definition) is 4. The molecule has 0 spiro atoms. The van der Waals surface area contributed by atoms with Crippen LogP contribution in [0.3, 0.4) is 0 Å². The number of unbranched alkanes of at least 4 members (excludes halogenated alkanes) is 15. The van der Waals surface area contributed by atoms with E-state index in [1.165, 1.54) is 113 Å². The topological polar surface area (TPSA) is 61.8 Å². The summed E-state index contributed by atoms with van der Waals surface area (Å²) in [4.78, 5) is 24.9. The van der Waals surface area contributed by atoms with Crippen molar-refractivity contribution in [1.29, 1.82) is 0 Å². The van der Waals surface area contributed by atoms with Crippen molar-refractivity contribution in [2.75, 3.05) is 6.54 Å². The molecule has 190 valence electrons. The Labute approximate surface area is 211 Å². The molecule has 2 rings (SSSR count). The standard InChI is InChI=1S/C28H45N3O2S/c1-2-3-4-5-6-7-8-9-10-11-12-13-14-15-16-17-22-29-28(33)25-19-18-20-26(24-25)34-31-27(32)21-23-30-31/h18-20,23-24H,2-17,21-22H2,1H3,(H,29,33). The monoisotopic (exact) mass is 487 g/mol. The largest absolute Gasteiger partial charge is 0.352 e. The van der Waals surface area contributed by atoms with Gasteiger partial charge in [-0.25, -0.2) is 0 Å². The molecule has 0 fully saturated rings. The molecule has 1 aromatic carbocycles. The van der Waals surface area contributed by atoms with Crippen LogP contribution < -0.4 is 5.32 Å². The SMILES string of the molecule is CCCCCCCCCCCCCCCCCCNC(=O)c1cccc(SN2N=CCC2=O)c1. The number of carbonyl (C=O) groups is 2. The van der Waals surface area contributed by atoms with E-state index in [1.54, 1.807) is 6.21 Å². The van der Waals surface area contributed by atoms with Crippen molar-refractivity contribution in [1.82, 2.24) is 9.73 Å². The van der Waals surface area contributed by atoms with Gasteiger partial charge < -0.3 is 5.32 Å². The van der Waals surface area contributed by atoms with Gasteiger partial charge in [0.05, 0.1) is 6.42 Å². The zero-order chi connectivity index (χ0) is 24.3. The molecule has 5 nitrogen and oxygen atoms in total. The fraction of sp³-hybridized carbons (Fsp3) is 0.679. The molecule has 0 saturated carbocycles. The summed E-state index contributed by atoms with van der Waals surface area (Å²) in [5, 5.41) is 7.05. The molecule has 0 atom stereocenters. The maximum absolute atomic E-state index is 12.4. The highest BCUT2D eigenvalue weighted by Crippen LogP contribution is 2.26. The van der Waals surface area contributed by atoms with Gasteiger partial charge in [0.1, 0.15) is 0 Å². The van der Waals surface area contributed by atoms with Crippen LogP contribution in [0.25, 0.3) is 0 Å². The van der Waals surface area contributed by atoms with Gasteiger partial charge in [0.2, 0.25) is 0 Å². The van der Waals surface area contributed by atoms with Gasteiger partial charge in [-0.2, -0.15) is 9.52 Å². The minimum Gasteiger partial charge on any atom is -0.352 e. The van der Waals surface area contributed by atoms with Crippen LogP contribution in [0.5, 0.6) is 0 Å². The van der Waals surface area contributed by atoms with Crippen LogP contribution in [0.1, 0.15) is 126 Å². The number of carbonyl (C=O) groups excluding carboxylic acids is 2. The zero-order valence-electron chi connectivity index (χ0n) is 21.2. The molecule has 0 aromatic heterocycles. The Morgan fingerprint density at radius 1 is 0.882 bits per heavy atom. The molecular formula is C28H45N3O2S. The van der Waals surface area contributed by atoms with Gasteiger partial charge >= 0.3 is 0 Å². The van der Waals surface area contributed by atoms with Crippen LogP contribution in [0.2, 0.25) is 0 Å². The lowest BCUT2D eigenvalue weighted by Crippen LogP contribution is -2.24. The van der Waals surface area contributed by atoms with Crippen LogP contribution in [0.15, 0.2) is 34.3 Å². The van der Waals surface area contributed by atoms with E-state index in [1.807, 2.05) is 24.3 Å². The molecule has 1 N–H and O–H groups in total. The fourth-order valence-electron chi connectivity index (χ4n) is 4.18. The quantitative estimate of drug-likeness (QED) is 0.150. The van der Waals surface area contributed by atoms with Crippen molar-refractivity contribution >= 4 is 30.0 Å². The second kappa shape index (κ2) is 18.5. The van der Waals surface area contributed by atoms with Gasteiger partial charge in [0, 0.05) is 35.2 Å². The smallest absolute Gasteiger partial charge is 0.258 e. The third-order valence-corrected chi connectivity index (χ3v) is 7.21. The summed E-state index contributed by atoms with van der Waals surface area (Å²) < 4.78 is 1.37. The average molecular weight is 488 g/mol. The van der Waals surface area contributed by atoms with Crippen molar-refractivity contribution in [2.24, 2.45) is 5.10 Å². The van der Waals surface area contributed by atoms with Gasteiger partial charge in [-0.1, -0.05) is 109 Å². The number of nitrogens with one attached hydrogen (secondary N) is 1. The highest BCUT2D eigenvalue weighted by molar-refractivity contribution is 7.97. The van der Waals surface area contributed by atoms with Crippen molar-refractivity contribution < 1.29 is 9.59 Å². The van der Waals surface area contributed by atoms with Crippen molar-refractivity contribution in [3.63, 3.8) is 0 Å². The summed E-state index contributed by atoms with van der Waals surface area (Å²) in [5.41, 5.74) is 0.622. The van der Waals surface area contributed by atoms with Crippen molar-refractivity contribution in [3.8, 4) is 0 Å². The molecule has 2 amide bonds. The molecular weight excluding hydrogens is 442 g/mol. The highest BCUT2D eigenvalue weighted by atomic mass is 32.2. The van der Waals surface area contributed by atoms with Gasteiger partial charge in [-0.15, -0.1) is 0 Å². The molecule has 1 aliphatic rings. The first kappa shape index (κ1) is 28.4. The van der Waals surface area contributed by atoms with Gasteiger partial charge in [0.15, 0.2) is 0 Å². The Balaban J connectivity index is 1.40. The van der Waals surface area contributed by atoms with Crippen LogP contribution in [-0.4, -0.2) is 29.0 Å². The van der Waals surface area contributed by atoms with Gasteiger partial charge in [-0.3, -0.25) is 9.59 Å². The third kappa shape index (κ3) is 12.6. The summed E-state index contributed by atoms with van der Waals surface area (Å²) in [7, 11) is 0. The van der Waals surface area contributed by atoms with Gasteiger partial charge in [-0.05, 0) is 24.6 Å². The van der Waals surface area contributed by atoms with E-state index in [-0.39, 0.29) is 11.8 Å². The molecule has 1 aromatic rings. The summed E-state index contributed by atoms with van der Waals surface area (Å²) in [6.45, 7) is 2.99. The summed E-state index contributed by atoms with van der Waals surface area (Å²) >= 11 is 1.25. The van der Waals surface area contributed by atoms with E-state index < -0.39 is 0 Å². The minimum atomic E-state index is -0.0559. The lowest BCUT2D eigenvalue weighted by molar-refractivity contribution is -0.123. The Kier molecular flexibility index (Phi) is 15.5. The predicted molar refractivity (Wildman–Crippen MR) is 144 cm³/mol. The molecule has 34 heavy (non-hydrogen) atoms. The Morgan fingerprint density at radius 3 is 1.97 bits per heavy atom. The number of hydrogen-bond donors (Lipinski definition) is 1. The second-order valence-electron chi connectivity index (χ2n) is 9.35. The maximum atomic E-state index is 12.4.